The number of carbonyl (C=O) groups excluding carboxylic acids is 1. The third-order valence-electron chi connectivity index (χ3n) is 2.53. The first-order chi connectivity index (χ1) is 7.31. The maximum Gasteiger partial charge on any atom is 0.165 e. The van der Waals surface area contributed by atoms with Gasteiger partial charge >= 0.3 is 0 Å². The van der Waals surface area contributed by atoms with Gasteiger partial charge in [-0.1, -0.05) is 30.4 Å². The van der Waals surface area contributed by atoms with E-state index >= 15 is 0 Å². The van der Waals surface area contributed by atoms with Crippen molar-refractivity contribution in [3.05, 3.63) is 42.0 Å². The lowest BCUT2D eigenvalue weighted by Gasteiger charge is -2.21. The van der Waals surface area contributed by atoms with Crippen LogP contribution in [0.4, 0.5) is 0 Å². The zero-order valence-electron chi connectivity index (χ0n) is 8.77. The normalized spacial score (nSPS) is 20.6. The Morgan fingerprint density at radius 2 is 2.27 bits per heavy atom. The zero-order chi connectivity index (χ0) is 10.7. The number of benzene rings is 1. The fourth-order valence-corrected chi connectivity index (χ4v) is 3.02. The standard InChI is InChI=1S/C13H14OS/c1-2-3-6-10-9-12(14)11-7-4-5-8-13(11)15-10/h2-5,7-8,10H,6,9H2,1H3. The molecular formula is C13H14OS. The van der Waals surface area contributed by atoms with Crippen LogP contribution in [0.5, 0.6) is 0 Å². The molecule has 0 bridgehead atoms. The summed E-state index contributed by atoms with van der Waals surface area (Å²) in [6.45, 7) is 2.02. The van der Waals surface area contributed by atoms with Gasteiger partial charge in [-0.15, -0.1) is 11.8 Å². The number of ketones is 1. The molecule has 1 heterocycles. The summed E-state index contributed by atoms with van der Waals surface area (Å²) in [4.78, 5) is 13.0. The molecule has 0 saturated heterocycles. The van der Waals surface area contributed by atoms with Crippen molar-refractivity contribution < 1.29 is 4.79 Å². The second-order valence-corrected chi connectivity index (χ2v) is 5.01. The molecule has 0 saturated carbocycles. The monoisotopic (exact) mass is 218 g/mol. The molecule has 0 N–H and O–H groups in total. The lowest BCUT2D eigenvalue weighted by molar-refractivity contribution is 0.0977. The van der Waals surface area contributed by atoms with Crippen LogP contribution in [-0.4, -0.2) is 11.0 Å². The van der Waals surface area contributed by atoms with Crippen LogP contribution in [0.2, 0.25) is 0 Å². The van der Waals surface area contributed by atoms with E-state index in [9.17, 15) is 4.79 Å². The highest BCUT2D eigenvalue weighted by Gasteiger charge is 2.24. The maximum atomic E-state index is 11.8. The van der Waals surface area contributed by atoms with E-state index in [0.29, 0.717) is 17.5 Å². The molecule has 0 aliphatic carbocycles. The van der Waals surface area contributed by atoms with Crippen LogP contribution >= 0.6 is 11.8 Å². The van der Waals surface area contributed by atoms with Crippen LogP contribution in [-0.2, 0) is 0 Å². The minimum absolute atomic E-state index is 0.291. The van der Waals surface area contributed by atoms with E-state index in [0.717, 1.165) is 16.9 Å². The van der Waals surface area contributed by atoms with E-state index in [1.54, 1.807) is 0 Å². The Labute approximate surface area is 94.6 Å². The number of allylic oxidation sites excluding steroid dienone is 2. The van der Waals surface area contributed by atoms with Crippen molar-refractivity contribution in [3.8, 4) is 0 Å². The van der Waals surface area contributed by atoms with Gasteiger partial charge in [0.1, 0.15) is 0 Å². The van der Waals surface area contributed by atoms with Crippen LogP contribution < -0.4 is 0 Å². The van der Waals surface area contributed by atoms with Gasteiger partial charge in [-0.05, 0) is 19.4 Å². The molecule has 1 unspecified atom stereocenters. The molecule has 0 radical (unpaired) electrons. The summed E-state index contributed by atoms with van der Waals surface area (Å²) in [7, 11) is 0. The summed E-state index contributed by atoms with van der Waals surface area (Å²) in [5.74, 6) is 0.291. The summed E-state index contributed by atoms with van der Waals surface area (Å²) in [6, 6.07) is 7.90. The van der Waals surface area contributed by atoms with Crippen LogP contribution in [0.1, 0.15) is 30.1 Å². The highest BCUT2D eigenvalue weighted by molar-refractivity contribution is 8.00. The number of fused-ring (bicyclic) bond motifs is 1. The molecule has 2 rings (SSSR count). The Bertz CT molecular complexity index is 395. The molecule has 1 aromatic rings. The summed E-state index contributed by atoms with van der Waals surface area (Å²) in [5, 5.41) is 0.420. The minimum Gasteiger partial charge on any atom is -0.294 e. The van der Waals surface area contributed by atoms with Crippen molar-refractivity contribution >= 4 is 17.5 Å². The van der Waals surface area contributed by atoms with Crippen molar-refractivity contribution in [1.29, 1.82) is 0 Å². The number of Topliss-reactive ketones (excluding diaryl/α,β-unsaturated/α-hetero) is 1. The number of rotatable bonds is 2. The first kappa shape index (κ1) is 10.5. The first-order valence-electron chi connectivity index (χ1n) is 5.21. The molecule has 0 spiro atoms. The predicted octanol–water partition coefficient (Wildman–Crippen LogP) is 3.70. The Morgan fingerprint density at radius 3 is 3.07 bits per heavy atom. The minimum atomic E-state index is 0.291. The zero-order valence-corrected chi connectivity index (χ0v) is 9.59. The van der Waals surface area contributed by atoms with Crippen LogP contribution in [0.15, 0.2) is 41.3 Å². The quantitative estimate of drug-likeness (QED) is 0.704. The number of thioether (sulfide) groups is 1. The molecule has 1 aromatic carbocycles. The Kier molecular flexibility index (Phi) is 3.27. The molecule has 1 nitrogen and oxygen atoms in total. The van der Waals surface area contributed by atoms with E-state index < -0.39 is 0 Å². The maximum absolute atomic E-state index is 11.8. The summed E-state index contributed by atoms with van der Waals surface area (Å²) < 4.78 is 0. The Balaban J connectivity index is 2.19. The molecule has 0 amide bonds. The van der Waals surface area contributed by atoms with Gasteiger partial charge in [-0.3, -0.25) is 4.79 Å². The molecule has 15 heavy (non-hydrogen) atoms. The van der Waals surface area contributed by atoms with Crippen LogP contribution in [0.25, 0.3) is 0 Å². The second-order valence-electron chi connectivity index (χ2n) is 3.67. The van der Waals surface area contributed by atoms with Crippen molar-refractivity contribution in [1.82, 2.24) is 0 Å². The summed E-state index contributed by atoms with van der Waals surface area (Å²) >= 11 is 1.83. The average Bonchev–Trinajstić information content (AvgIpc) is 2.26. The van der Waals surface area contributed by atoms with Crippen LogP contribution in [0, 0.1) is 0 Å². The van der Waals surface area contributed by atoms with Crippen molar-refractivity contribution in [2.75, 3.05) is 0 Å². The topological polar surface area (TPSA) is 17.1 Å². The molecule has 2 heteroatoms. The summed E-state index contributed by atoms with van der Waals surface area (Å²) in [6.07, 6.45) is 5.84. The van der Waals surface area contributed by atoms with Gasteiger partial charge in [0.25, 0.3) is 0 Å². The lowest BCUT2D eigenvalue weighted by atomic mass is 10.0. The van der Waals surface area contributed by atoms with E-state index in [4.69, 9.17) is 0 Å². The highest BCUT2D eigenvalue weighted by Crippen LogP contribution is 2.36. The largest absolute Gasteiger partial charge is 0.294 e. The average molecular weight is 218 g/mol. The molecule has 0 fully saturated rings. The highest BCUT2D eigenvalue weighted by atomic mass is 32.2. The van der Waals surface area contributed by atoms with Gasteiger partial charge in [-0.2, -0.15) is 0 Å². The summed E-state index contributed by atoms with van der Waals surface area (Å²) in [5.41, 5.74) is 0.902. The molecular weight excluding hydrogens is 204 g/mol. The fourth-order valence-electron chi connectivity index (χ4n) is 1.76. The van der Waals surface area contributed by atoms with Gasteiger partial charge in [-0.25, -0.2) is 0 Å². The second kappa shape index (κ2) is 4.67. The Morgan fingerprint density at radius 1 is 1.47 bits per heavy atom. The van der Waals surface area contributed by atoms with Gasteiger partial charge < -0.3 is 0 Å². The SMILES string of the molecule is CC=CCC1CC(=O)c2ccccc2S1. The predicted molar refractivity (Wildman–Crippen MR) is 64.5 cm³/mol. The number of hydrogen-bond donors (Lipinski definition) is 0. The van der Waals surface area contributed by atoms with E-state index in [1.807, 2.05) is 49.0 Å². The third-order valence-corrected chi connectivity index (χ3v) is 3.83. The van der Waals surface area contributed by atoms with E-state index in [2.05, 4.69) is 6.08 Å². The lowest BCUT2D eigenvalue weighted by Crippen LogP contribution is -2.16. The first-order valence-corrected chi connectivity index (χ1v) is 6.09. The molecule has 1 atom stereocenters. The van der Waals surface area contributed by atoms with Gasteiger partial charge in [0, 0.05) is 22.1 Å². The molecule has 78 valence electrons. The van der Waals surface area contributed by atoms with E-state index in [-0.39, 0.29) is 0 Å². The van der Waals surface area contributed by atoms with Crippen LogP contribution in [0.3, 0.4) is 0 Å². The van der Waals surface area contributed by atoms with Crippen molar-refractivity contribution in [2.45, 2.75) is 29.9 Å². The van der Waals surface area contributed by atoms with Crippen molar-refractivity contribution in [3.63, 3.8) is 0 Å². The van der Waals surface area contributed by atoms with Gasteiger partial charge in [0.2, 0.25) is 0 Å². The smallest absolute Gasteiger partial charge is 0.165 e. The third kappa shape index (κ3) is 2.32. The number of carbonyl (C=O) groups is 1. The molecule has 0 aromatic heterocycles. The number of hydrogen-bond acceptors (Lipinski definition) is 2. The van der Waals surface area contributed by atoms with Gasteiger partial charge in [0.15, 0.2) is 5.78 Å². The molecule has 1 aliphatic rings. The molecule has 1 aliphatic heterocycles. The Hall–Kier alpha value is -1.02. The van der Waals surface area contributed by atoms with Crippen molar-refractivity contribution in [2.24, 2.45) is 0 Å². The fraction of sp³-hybridized carbons (Fsp3) is 0.308. The van der Waals surface area contributed by atoms with E-state index in [1.165, 1.54) is 0 Å². The van der Waals surface area contributed by atoms with Gasteiger partial charge in [0.05, 0.1) is 0 Å².